The van der Waals surface area contributed by atoms with Crippen LogP contribution < -0.4 is 5.32 Å². The summed E-state index contributed by atoms with van der Waals surface area (Å²) >= 11 is 13.5. The van der Waals surface area contributed by atoms with Crippen molar-refractivity contribution >= 4 is 40.4 Å². The molecule has 140 valence electrons. The molecule has 8 heteroatoms. The molecule has 26 heavy (non-hydrogen) atoms. The van der Waals surface area contributed by atoms with E-state index < -0.39 is 17.8 Å². The summed E-state index contributed by atoms with van der Waals surface area (Å²) in [5.41, 5.74) is 0. The zero-order valence-corrected chi connectivity index (χ0v) is 16.1. The van der Waals surface area contributed by atoms with Gasteiger partial charge < -0.3 is 5.32 Å². The summed E-state index contributed by atoms with van der Waals surface area (Å²) in [5.74, 6) is -4.93. The van der Waals surface area contributed by atoms with Gasteiger partial charge in [-0.15, -0.1) is 11.3 Å². The minimum Gasteiger partial charge on any atom is -0.349 e. The van der Waals surface area contributed by atoms with E-state index in [1.807, 2.05) is 5.38 Å². The van der Waals surface area contributed by atoms with Gasteiger partial charge in [0.1, 0.15) is 5.01 Å². The molecule has 3 rings (SSSR count). The van der Waals surface area contributed by atoms with Crippen molar-refractivity contribution in [2.24, 2.45) is 17.8 Å². The molecule has 1 aromatic heterocycles. The zero-order valence-electron chi connectivity index (χ0n) is 13.8. The molecule has 1 amide bonds. The fraction of sp³-hybridized carbons (Fsp3) is 0.444. The molecule has 3 atom stereocenters. The lowest BCUT2D eigenvalue weighted by Gasteiger charge is -2.29. The standard InChI is InChI=1S/C18H18Cl2F2N2OS/c19-14-4-3-11(8-15(14)20)13(9-12-2-1-5-18(12,21)22)17(25)24-10-16-23-6-7-26-16/h1-4,6-7,11-13H,5,8-10H2,(H,24,25). The molecule has 1 aromatic rings. The van der Waals surface area contributed by atoms with Crippen LogP contribution in [-0.2, 0) is 11.3 Å². The van der Waals surface area contributed by atoms with E-state index in [0.717, 1.165) is 5.01 Å². The molecule has 2 aliphatic rings. The molecule has 3 nitrogen and oxygen atoms in total. The number of rotatable bonds is 6. The lowest BCUT2D eigenvalue weighted by atomic mass is 9.79. The number of aromatic nitrogens is 1. The first-order valence-electron chi connectivity index (χ1n) is 8.29. The van der Waals surface area contributed by atoms with Crippen LogP contribution in [0, 0.1) is 17.8 Å². The highest BCUT2D eigenvalue weighted by Gasteiger charge is 2.43. The third kappa shape index (κ3) is 4.53. The van der Waals surface area contributed by atoms with Crippen molar-refractivity contribution in [2.75, 3.05) is 0 Å². The van der Waals surface area contributed by atoms with E-state index in [4.69, 9.17) is 23.2 Å². The number of hydrogen-bond acceptors (Lipinski definition) is 3. The van der Waals surface area contributed by atoms with Crippen molar-refractivity contribution < 1.29 is 13.6 Å². The van der Waals surface area contributed by atoms with Gasteiger partial charge in [0.05, 0.1) is 11.6 Å². The Kier molecular flexibility index (Phi) is 6.15. The third-order valence-electron chi connectivity index (χ3n) is 4.72. The predicted octanol–water partition coefficient (Wildman–Crippen LogP) is 5.24. The Morgan fingerprint density at radius 3 is 2.85 bits per heavy atom. The topological polar surface area (TPSA) is 42.0 Å². The summed E-state index contributed by atoms with van der Waals surface area (Å²) in [6, 6.07) is 0. The van der Waals surface area contributed by atoms with Gasteiger partial charge in [0.15, 0.2) is 0 Å². The van der Waals surface area contributed by atoms with Gasteiger partial charge in [-0.05, 0) is 24.8 Å². The molecule has 0 saturated heterocycles. The molecule has 2 aliphatic carbocycles. The van der Waals surface area contributed by atoms with Crippen LogP contribution in [-0.4, -0.2) is 16.8 Å². The first-order valence-corrected chi connectivity index (χ1v) is 9.93. The van der Waals surface area contributed by atoms with Gasteiger partial charge in [-0.25, -0.2) is 13.8 Å². The maximum absolute atomic E-state index is 14.1. The number of nitrogens with zero attached hydrogens (tertiary/aromatic N) is 1. The molecular weight excluding hydrogens is 401 g/mol. The number of alkyl halides is 2. The van der Waals surface area contributed by atoms with Crippen LogP contribution in [0.1, 0.15) is 24.3 Å². The van der Waals surface area contributed by atoms with E-state index in [1.54, 1.807) is 18.3 Å². The Bertz CT molecular complexity index is 746. The number of nitrogens with one attached hydrogen (secondary N) is 1. The smallest absolute Gasteiger partial charge is 0.257 e. The maximum Gasteiger partial charge on any atom is 0.257 e. The van der Waals surface area contributed by atoms with E-state index >= 15 is 0 Å². The number of halogens is 4. The maximum atomic E-state index is 14.1. The molecule has 1 heterocycles. The van der Waals surface area contributed by atoms with Crippen LogP contribution in [0.15, 0.2) is 45.9 Å². The van der Waals surface area contributed by atoms with Crippen molar-refractivity contribution in [3.63, 3.8) is 0 Å². The summed E-state index contributed by atoms with van der Waals surface area (Å²) in [7, 11) is 0. The fourth-order valence-corrected chi connectivity index (χ4v) is 4.21. The number of carbonyl (C=O) groups excluding carboxylic acids is 1. The molecule has 1 N–H and O–H groups in total. The van der Waals surface area contributed by atoms with Crippen LogP contribution in [0.5, 0.6) is 0 Å². The number of hydrogen-bond donors (Lipinski definition) is 1. The fourth-order valence-electron chi connectivity index (χ4n) is 3.26. The summed E-state index contributed by atoms with van der Waals surface area (Å²) < 4.78 is 28.1. The van der Waals surface area contributed by atoms with E-state index in [9.17, 15) is 13.6 Å². The second-order valence-electron chi connectivity index (χ2n) is 6.47. The predicted molar refractivity (Wildman–Crippen MR) is 100 cm³/mol. The van der Waals surface area contributed by atoms with Crippen molar-refractivity contribution in [1.82, 2.24) is 10.3 Å². The second kappa shape index (κ2) is 8.19. The SMILES string of the molecule is O=C(NCc1nccs1)C(CC1C=CCC1(F)F)C1C=CC(Cl)=C(Cl)C1. The molecule has 0 aliphatic heterocycles. The van der Waals surface area contributed by atoms with E-state index in [0.29, 0.717) is 16.5 Å². The highest BCUT2D eigenvalue weighted by atomic mass is 35.5. The Balaban J connectivity index is 1.73. The van der Waals surface area contributed by atoms with Gasteiger partial charge in [0.25, 0.3) is 5.92 Å². The normalized spacial score (nSPS) is 25.5. The van der Waals surface area contributed by atoms with E-state index in [1.165, 1.54) is 23.5 Å². The Morgan fingerprint density at radius 2 is 2.23 bits per heavy atom. The number of amides is 1. The summed E-state index contributed by atoms with van der Waals surface area (Å²) in [6.45, 7) is 0.282. The molecule has 3 unspecified atom stereocenters. The Hall–Kier alpha value is -1.24. The van der Waals surface area contributed by atoms with Gasteiger partial charge in [-0.3, -0.25) is 4.79 Å². The van der Waals surface area contributed by atoms with E-state index in [2.05, 4.69) is 10.3 Å². The molecule has 0 spiro atoms. The quantitative estimate of drug-likeness (QED) is 0.641. The molecule has 0 saturated carbocycles. The highest BCUT2D eigenvalue weighted by molar-refractivity contribution is 7.09. The van der Waals surface area contributed by atoms with Gasteiger partial charge in [0.2, 0.25) is 5.91 Å². The summed E-state index contributed by atoms with van der Waals surface area (Å²) in [5, 5.41) is 6.29. The lowest BCUT2D eigenvalue weighted by molar-refractivity contribution is -0.128. The average molecular weight is 419 g/mol. The van der Waals surface area contributed by atoms with Crippen molar-refractivity contribution in [1.29, 1.82) is 0 Å². The monoisotopic (exact) mass is 418 g/mol. The zero-order chi connectivity index (χ0) is 18.7. The van der Waals surface area contributed by atoms with Gasteiger partial charge in [-0.2, -0.15) is 0 Å². The van der Waals surface area contributed by atoms with Crippen LogP contribution in [0.3, 0.4) is 0 Å². The van der Waals surface area contributed by atoms with Crippen molar-refractivity contribution in [3.8, 4) is 0 Å². The van der Waals surface area contributed by atoms with Gasteiger partial charge in [0, 0.05) is 34.9 Å². The summed E-state index contributed by atoms with van der Waals surface area (Å²) in [6.07, 6.45) is 8.23. The molecular formula is C18H18Cl2F2N2OS. The van der Waals surface area contributed by atoms with Crippen LogP contribution in [0.4, 0.5) is 8.78 Å². The van der Waals surface area contributed by atoms with Gasteiger partial charge in [-0.1, -0.05) is 41.4 Å². The second-order valence-corrected chi connectivity index (χ2v) is 8.31. The lowest BCUT2D eigenvalue weighted by Crippen LogP contribution is -2.38. The van der Waals surface area contributed by atoms with Gasteiger partial charge >= 0.3 is 0 Å². The summed E-state index contributed by atoms with van der Waals surface area (Å²) in [4.78, 5) is 16.9. The highest BCUT2D eigenvalue weighted by Crippen LogP contribution is 2.42. The minimum atomic E-state index is -2.82. The average Bonchev–Trinajstić information content (AvgIpc) is 3.22. The van der Waals surface area contributed by atoms with Crippen molar-refractivity contribution in [2.45, 2.75) is 31.7 Å². The number of thiazole rings is 1. The minimum absolute atomic E-state index is 0.0595. The number of carbonyl (C=O) groups is 1. The van der Waals surface area contributed by atoms with Crippen LogP contribution in [0.25, 0.3) is 0 Å². The van der Waals surface area contributed by atoms with Crippen LogP contribution in [0.2, 0.25) is 0 Å². The van der Waals surface area contributed by atoms with Crippen molar-refractivity contribution in [3.05, 3.63) is 51.0 Å². The molecule has 0 aromatic carbocycles. The van der Waals surface area contributed by atoms with Crippen LogP contribution >= 0.6 is 34.5 Å². The Labute approximate surface area is 164 Å². The first-order chi connectivity index (χ1) is 12.4. The first kappa shape index (κ1) is 19.5. The molecule has 0 bridgehead atoms. The number of allylic oxidation sites excluding steroid dienone is 6. The Morgan fingerprint density at radius 1 is 1.42 bits per heavy atom. The molecule has 0 radical (unpaired) electrons. The van der Waals surface area contributed by atoms with E-state index in [-0.39, 0.29) is 31.2 Å². The molecule has 0 fully saturated rings. The largest absolute Gasteiger partial charge is 0.349 e. The third-order valence-corrected chi connectivity index (χ3v) is 6.31.